The number of hydrogen-bond acceptors (Lipinski definition) is 5. The highest BCUT2D eigenvalue weighted by molar-refractivity contribution is 8.00. The van der Waals surface area contributed by atoms with Crippen LogP contribution in [0.5, 0.6) is 0 Å². The predicted molar refractivity (Wildman–Crippen MR) is 111 cm³/mol. The maximum absolute atomic E-state index is 12.8. The van der Waals surface area contributed by atoms with Gasteiger partial charge >= 0.3 is 5.97 Å². The van der Waals surface area contributed by atoms with E-state index in [1.54, 1.807) is 12.1 Å². The number of ether oxygens (including phenoxy) is 1. The zero-order valence-corrected chi connectivity index (χ0v) is 16.6. The largest absolute Gasteiger partial charge is 0.465 e. The zero-order valence-electron chi connectivity index (χ0n) is 15.8. The Labute approximate surface area is 166 Å². The summed E-state index contributed by atoms with van der Waals surface area (Å²) < 4.78 is 4.78. The van der Waals surface area contributed by atoms with E-state index in [9.17, 15) is 14.4 Å². The third-order valence-electron chi connectivity index (χ3n) is 4.28. The summed E-state index contributed by atoms with van der Waals surface area (Å²) in [6.07, 6.45) is 0. The van der Waals surface area contributed by atoms with E-state index in [2.05, 4.69) is 10.3 Å². The van der Waals surface area contributed by atoms with Gasteiger partial charge in [-0.2, -0.15) is 0 Å². The van der Waals surface area contributed by atoms with Crippen LogP contribution >= 0.6 is 11.8 Å². The Morgan fingerprint density at radius 2 is 1.89 bits per heavy atom. The second-order valence-corrected chi connectivity index (χ2v) is 7.34. The number of rotatable bonds is 5. The number of H-pyrrole nitrogens is 1. The number of hydrogen-bond donors (Lipinski definition) is 2. The minimum absolute atomic E-state index is 0.0334. The molecule has 0 atom stereocenters. The molecule has 0 aliphatic carbocycles. The van der Waals surface area contributed by atoms with E-state index in [0.717, 1.165) is 28.6 Å². The van der Waals surface area contributed by atoms with Gasteiger partial charge in [-0.15, -0.1) is 0 Å². The molecule has 2 N–H and O–H groups in total. The summed E-state index contributed by atoms with van der Waals surface area (Å²) in [5, 5.41) is 3.56. The molecule has 144 valence electrons. The van der Waals surface area contributed by atoms with Crippen LogP contribution in [0.2, 0.25) is 0 Å². The third-order valence-corrected chi connectivity index (χ3v) is 5.28. The smallest absolute Gasteiger partial charge is 0.344 e. The van der Waals surface area contributed by atoms with Crippen molar-refractivity contribution in [2.45, 2.75) is 18.9 Å². The summed E-state index contributed by atoms with van der Waals surface area (Å²) >= 11 is 1.09. The molecule has 0 aliphatic heterocycles. The van der Waals surface area contributed by atoms with Gasteiger partial charge in [-0.25, -0.2) is 4.79 Å². The summed E-state index contributed by atoms with van der Waals surface area (Å²) in [6.45, 7) is 3.77. The van der Waals surface area contributed by atoms with Gasteiger partial charge in [-0.3, -0.25) is 9.59 Å². The first-order chi connectivity index (χ1) is 13.4. The molecule has 1 amide bonds. The van der Waals surface area contributed by atoms with Gasteiger partial charge < -0.3 is 15.0 Å². The fourth-order valence-corrected chi connectivity index (χ4v) is 3.66. The van der Waals surface area contributed by atoms with E-state index in [-0.39, 0.29) is 17.2 Å². The molecule has 6 nitrogen and oxygen atoms in total. The van der Waals surface area contributed by atoms with Crippen molar-refractivity contribution in [2.24, 2.45) is 0 Å². The SMILES string of the molecule is COC(=O)c1c(SCC(=O)Nc2ccccc2C)[nH]c2ccc(C)cc2c1=O. The fourth-order valence-electron chi connectivity index (χ4n) is 2.81. The van der Waals surface area contributed by atoms with Crippen molar-refractivity contribution in [3.8, 4) is 0 Å². The van der Waals surface area contributed by atoms with E-state index in [1.807, 2.05) is 44.2 Å². The Kier molecular flexibility index (Phi) is 5.84. The molecule has 0 unspecified atom stereocenters. The van der Waals surface area contributed by atoms with Gasteiger partial charge in [0.05, 0.1) is 23.4 Å². The van der Waals surface area contributed by atoms with Crippen molar-refractivity contribution in [1.29, 1.82) is 0 Å². The monoisotopic (exact) mass is 396 g/mol. The average Bonchev–Trinajstić information content (AvgIpc) is 2.68. The van der Waals surface area contributed by atoms with Crippen molar-refractivity contribution in [3.63, 3.8) is 0 Å². The van der Waals surface area contributed by atoms with E-state index >= 15 is 0 Å². The molecule has 28 heavy (non-hydrogen) atoms. The number of para-hydroxylation sites is 1. The molecule has 0 saturated carbocycles. The number of nitrogens with one attached hydrogen (secondary N) is 2. The Hall–Kier alpha value is -3.06. The number of anilines is 1. The van der Waals surface area contributed by atoms with Crippen molar-refractivity contribution >= 4 is 40.2 Å². The first kappa shape index (κ1) is 19.7. The number of esters is 1. The number of pyridine rings is 1. The van der Waals surface area contributed by atoms with Crippen LogP contribution in [0.4, 0.5) is 5.69 Å². The number of aromatic amines is 1. The van der Waals surface area contributed by atoms with Crippen molar-refractivity contribution < 1.29 is 14.3 Å². The minimum Gasteiger partial charge on any atom is -0.465 e. The van der Waals surface area contributed by atoms with Crippen molar-refractivity contribution in [3.05, 3.63) is 69.4 Å². The summed E-state index contributed by atoms with van der Waals surface area (Å²) in [7, 11) is 1.22. The number of fused-ring (bicyclic) bond motifs is 1. The fraction of sp³-hybridized carbons (Fsp3) is 0.190. The Balaban J connectivity index is 1.90. The lowest BCUT2D eigenvalue weighted by atomic mass is 10.1. The maximum atomic E-state index is 12.8. The number of amides is 1. The highest BCUT2D eigenvalue weighted by atomic mass is 32.2. The molecule has 0 aliphatic rings. The molecule has 3 rings (SSSR count). The topological polar surface area (TPSA) is 88.3 Å². The summed E-state index contributed by atoms with van der Waals surface area (Å²) in [4.78, 5) is 40.5. The molecule has 7 heteroatoms. The Morgan fingerprint density at radius 3 is 2.61 bits per heavy atom. The van der Waals surface area contributed by atoms with Gasteiger partial charge in [-0.05, 0) is 37.6 Å². The summed E-state index contributed by atoms with van der Waals surface area (Å²) in [5.41, 5.74) is 2.69. The molecule has 0 saturated heterocycles. The van der Waals surface area contributed by atoms with Crippen LogP contribution in [-0.2, 0) is 9.53 Å². The van der Waals surface area contributed by atoms with Crippen molar-refractivity contribution in [2.75, 3.05) is 18.2 Å². The highest BCUT2D eigenvalue weighted by Gasteiger charge is 2.21. The van der Waals surface area contributed by atoms with Crippen LogP contribution in [0, 0.1) is 13.8 Å². The van der Waals surface area contributed by atoms with Crippen LogP contribution in [-0.4, -0.2) is 29.7 Å². The Bertz CT molecular complexity index is 1120. The molecule has 1 aromatic heterocycles. The van der Waals surface area contributed by atoms with Gasteiger partial charge in [0.1, 0.15) is 5.56 Å². The number of methoxy groups -OCH3 is 1. The molecule has 3 aromatic rings. The standard InChI is InChI=1S/C21H20N2O4S/c1-12-8-9-16-14(10-12)19(25)18(21(26)27-3)20(23-16)28-11-17(24)22-15-7-5-4-6-13(15)2/h4-10H,11H2,1-3H3,(H,22,24)(H,23,25). The molecule has 2 aromatic carbocycles. The molecule has 0 radical (unpaired) electrons. The minimum atomic E-state index is -0.730. The number of carbonyl (C=O) groups is 2. The predicted octanol–water partition coefficient (Wildman–Crippen LogP) is 3.66. The normalized spacial score (nSPS) is 10.7. The van der Waals surface area contributed by atoms with E-state index in [0.29, 0.717) is 15.9 Å². The molecule has 0 spiro atoms. The number of carbonyl (C=O) groups excluding carboxylic acids is 2. The maximum Gasteiger partial charge on any atom is 0.344 e. The highest BCUT2D eigenvalue weighted by Crippen LogP contribution is 2.23. The van der Waals surface area contributed by atoms with Crippen LogP contribution in [0.1, 0.15) is 21.5 Å². The summed E-state index contributed by atoms with van der Waals surface area (Å²) in [5.74, 6) is -0.933. The van der Waals surface area contributed by atoms with Gasteiger partial charge in [-0.1, -0.05) is 41.6 Å². The molecule has 0 fully saturated rings. The number of thioether (sulfide) groups is 1. The van der Waals surface area contributed by atoms with Crippen molar-refractivity contribution in [1.82, 2.24) is 4.98 Å². The van der Waals surface area contributed by atoms with Gasteiger partial charge in [0.15, 0.2) is 0 Å². The van der Waals surface area contributed by atoms with Gasteiger partial charge in [0.25, 0.3) is 0 Å². The zero-order chi connectivity index (χ0) is 20.3. The Morgan fingerprint density at radius 1 is 1.14 bits per heavy atom. The average molecular weight is 396 g/mol. The number of aryl methyl sites for hydroxylation is 2. The second-order valence-electron chi connectivity index (χ2n) is 6.35. The molecule has 0 bridgehead atoms. The first-order valence-electron chi connectivity index (χ1n) is 8.64. The molecular formula is C21H20N2O4S. The summed E-state index contributed by atoms with van der Waals surface area (Å²) in [6, 6.07) is 12.8. The lowest BCUT2D eigenvalue weighted by Crippen LogP contribution is -2.21. The second kappa shape index (κ2) is 8.31. The lowest BCUT2D eigenvalue weighted by molar-refractivity contribution is -0.113. The third kappa shape index (κ3) is 4.09. The molecule has 1 heterocycles. The van der Waals surface area contributed by atoms with Gasteiger partial charge in [0, 0.05) is 11.1 Å². The van der Waals surface area contributed by atoms with Gasteiger partial charge in [0.2, 0.25) is 11.3 Å². The van der Waals surface area contributed by atoms with E-state index in [4.69, 9.17) is 4.74 Å². The van der Waals surface area contributed by atoms with Crippen LogP contribution in [0.15, 0.2) is 52.3 Å². The lowest BCUT2D eigenvalue weighted by Gasteiger charge is -2.11. The van der Waals surface area contributed by atoms with Crippen LogP contribution < -0.4 is 10.7 Å². The molecular weight excluding hydrogens is 376 g/mol. The van der Waals surface area contributed by atoms with Crippen LogP contribution in [0.25, 0.3) is 10.9 Å². The quantitative estimate of drug-likeness (QED) is 0.508. The van der Waals surface area contributed by atoms with Crippen LogP contribution in [0.3, 0.4) is 0 Å². The van der Waals surface area contributed by atoms with E-state index in [1.165, 1.54) is 7.11 Å². The number of benzene rings is 2. The van der Waals surface area contributed by atoms with E-state index < -0.39 is 11.4 Å². The first-order valence-corrected chi connectivity index (χ1v) is 9.62. The number of aromatic nitrogens is 1.